The third kappa shape index (κ3) is 2.74. The van der Waals surface area contributed by atoms with Gasteiger partial charge in [0, 0.05) is 5.56 Å². The van der Waals surface area contributed by atoms with E-state index in [2.05, 4.69) is 0 Å². The van der Waals surface area contributed by atoms with Crippen molar-refractivity contribution in [2.45, 2.75) is 59.7 Å². The first kappa shape index (κ1) is 16.5. The number of carbonyl (C=O) groups excluding carboxylic acids is 2. The maximum atomic E-state index is 12.6. The topological polar surface area (TPSA) is 52.6 Å². The molecule has 1 fully saturated rings. The summed E-state index contributed by atoms with van der Waals surface area (Å²) >= 11 is 0. The van der Waals surface area contributed by atoms with Gasteiger partial charge in [-0.1, -0.05) is 44.9 Å². The van der Waals surface area contributed by atoms with Gasteiger partial charge in [0.2, 0.25) is 0 Å². The smallest absolute Gasteiger partial charge is 0.326 e. The third-order valence-electron chi connectivity index (χ3n) is 4.34. The summed E-state index contributed by atoms with van der Waals surface area (Å²) in [5.41, 5.74) is 1.54. The molecule has 1 aliphatic rings. The van der Waals surface area contributed by atoms with Gasteiger partial charge in [-0.05, 0) is 37.8 Å². The zero-order valence-corrected chi connectivity index (χ0v) is 13.8. The fourth-order valence-electron chi connectivity index (χ4n) is 3.23. The van der Waals surface area contributed by atoms with E-state index >= 15 is 0 Å². The average Bonchev–Trinajstić information content (AvgIpc) is 2.45. The van der Waals surface area contributed by atoms with E-state index in [0.29, 0.717) is 12.8 Å². The van der Waals surface area contributed by atoms with Crippen LogP contribution in [0.25, 0.3) is 0 Å². The first-order valence-electron chi connectivity index (χ1n) is 7.94. The first-order valence-corrected chi connectivity index (χ1v) is 7.94. The van der Waals surface area contributed by atoms with E-state index in [1.807, 2.05) is 45.9 Å². The molecule has 0 unspecified atom stereocenters. The van der Waals surface area contributed by atoms with Gasteiger partial charge in [-0.15, -0.1) is 0 Å². The molecule has 0 bridgehead atoms. The molecule has 1 aromatic carbocycles. The van der Waals surface area contributed by atoms with E-state index in [0.717, 1.165) is 29.5 Å². The zero-order chi connectivity index (χ0) is 16.3. The van der Waals surface area contributed by atoms with Crippen molar-refractivity contribution < 1.29 is 19.1 Å². The van der Waals surface area contributed by atoms with Gasteiger partial charge in [0.05, 0.1) is 0 Å². The summed E-state index contributed by atoms with van der Waals surface area (Å²) in [6.45, 7) is 7.75. The maximum absolute atomic E-state index is 12.6. The molecule has 4 heteroatoms. The zero-order valence-electron chi connectivity index (χ0n) is 13.8. The Balaban J connectivity index is 2.34. The van der Waals surface area contributed by atoms with Gasteiger partial charge >= 0.3 is 11.9 Å². The van der Waals surface area contributed by atoms with E-state index < -0.39 is 23.6 Å². The molecule has 0 N–H and O–H groups in total. The van der Waals surface area contributed by atoms with Crippen molar-refractivity contribution >= 4 is 11.9 Å². The molecule has 0 aromatic heterocycles. The average molecular weight is 304 g/mol. The van der Waals surface area contributed by atoms with Gasteiger partial charge < -0.3 is 9.47 Å². The van der Waals surface area contributed by atoms with Gasteiger partial charge in [0.1, 0.15) is 0 Å². The summed E-state index contributed by atoms with van der Waals surface area (Å²) < 4.78 is 11.1. The number of benzene rings is 1. The molecule has 4 nitrogen and oxygen atoms in total. The molecule has 1 saturated heterocycles. The van der Waals surface area contributed by atoms with Crippen LogP contribution in [0.4, 0.5) is 0 Å². The maximum Gasteiger partial charge on any atom is 0.326 e. The molecular formula is C18H24O4. The van der Waals surface area contributed by atoms with Crippen LogP contribution in [-0.4, -0.2) is 11.9 Å². The molecule has 0 aliphatic carbocycles. The molecule has 1 aromatic rings. The largest absolute Gasteiger partial charge is 0.420 e. The van der Waals surface area contributed by atoms with E-state index in [1.165, 1.54) is 0 Å². The predicted octanol–water partition coefficient (Wildman–Crippen LogP) is 3.99. The minimum Gasteiger partial charge on any atom is -0.420 e. The fraction of sp³-hybridized carbons (Fsp3) is 0.556. The van der Waals surface area contributed by atoms with Crippen LogP contribution >= 0.6 is 0 Å². The molecule has 0 saturated carbocycles. The number of hydrogen-bond donors (Lipinski definition) is 0. The van der Waals surface area contributed by atoms with Crippen LogP contribution in [0.3, 0.4) is 0 Å². The fourth-order valence-corrected chi connectivity index (χ4v) is 3.23. The second-order valence-corrected chi connectivity index (χ2v) is 6.03. The van der Waals surface area contributed by atoms with Crippen molar-refractivity contribution in [1.82, 2.24) is 0 Å². The van der Waals surface area contributed by atoms with Crippen LogP contribution in [0.2, 0.25) is 0 Å². The number of rotatable bonds is 5. The SMILES string of the molecule is CCCC1(CCC)C(=O)OC(c2c(C)cccc2C)OC1=O. The van der Waals surface area contributed by atoms with Crippen LogP contribution in [0, 0.1) is 19.3 Å². The van der Waals surface area contributed by atoms with Crippen LogP contribution < -0.4 is 0 Å². The minimum atomic E-state index is -1.13. The van der Waals surface area contributed by atoms with Crippen molar-refractivity contribution in [3.63, 3.8) is 0 Å². The lowest BCUT2D eigenvalue weighted by Gasteiger charge is -2.37. The summed E-state index contributed by atoms with van der Waals surface area (Å²) in [5.74, 6) is -0.889. The summed E-state index contributed by atoms with van der Waals surface area (Å²) in [5, 5.41) is 0. The van der Waals surface area contributed by atoms with Gasteiger partial charge in [-0.2, -0.15) is 0 Å². The number of ether oxygens (including phenoxy) is 2. The molecule has 2 rings (SSSR count). The lowest BCUT2D eigenvalue weighted by Crippen LogP contribution is -2.47. The molecule has 0 atom stereocenters. The summed E-state index contributed by atoms with van der Waals surface area (Å²) in [7, 11) is 0. The molecular weight excluding hydrogens is 280 g/mol. The normalized spacial score (nSPS) is 18.0. The Kier molecular flexibility index (Phi) is 4.89. The number of hydrogen-bond acceptors (Lipinski definition) is 4. The van der Waals surface area contributed by atoms with Gasteiger partial charge in [-0.25, -0.2) is 0 Å². The van der Waals surface area contributed by atoms with Gasteiger partial charge in [0.15, 0.2) is 5.41 Å². The second kappa shape index (κ2) is 6.51. The lowest BCUT2D eigenvalue weighted by atomic mass is 9.78. The van der Waals surface area contributed by atoms with Crippen LogP contribution in [0.5, 0.6) is 0 Å². The van der Waals surface area contributed by atoms with Crippen LogP contribution in [0.15, 0.2) is 18.2 Å². The number of esters is 2. The Morgan fingerprint density at radius 3 is 1.82 bits per heavy atom. The molecule has 120 valence electrons. The Morgan fingerprint density at radius 1 is 0.955 bits per heavy atom. The highest BCUT2D eigenvalue weighted by atomic mass is 16.7. The highest BCUT2D eigenvalue weighted by Crippen LogP contribution is 2.41. The van der Waals surface area contributed by atoms with Crippen molar-refractivity contribution in [2.75, 3.05) is 0 Å². The highest BCUT2D eigenvalue weighted by molar-refractivity contribution is 6.01. The number of carbonyl (C=O) groups is 2. The summed E-state index contributed by atoms with van der Waals surface area (Å²) in [6, 6.07) is 5.77. The van der Waals surface area contributed by atoms with E-state index in [1.54, 1.807) is 0 Å². The molecule has 1 heterocycles. The monoisotopic (exact) mass is 304 g/mol. The predicted molar refractivity (Wildman–Crippen MR) is 83.1 cm³/mol. The molecule has 0 radical (unpaired) electrons. The Bertz CT molecular complexity index is 530. The Hall–Kier alpha value is -1.84. The highest BCUT2D eigenvalue weighted by Gasteiger charge is 2.53. The van der Waals surface area contributed by atoms with Crippen LogP contribution in [-0.2, 0) is 19.1 Å². The van der Waals surface area contributed by atoms with Crippen molar-refractivity contribution in [2.24, 2.45) is 5.41 Å². The number of aryl methyl sites for hydroxylation is 2. The number of cyclic esters (lactones) is 2. The van der Waals surface area contributed by atoms with E-state index in [9.17, 15) is 9.59 Å². The standard InChI is InChI=1S/C18H24O4/c1-5-10-18(11-6-2)16(19)21-15(22-17(18)20)14-12(3)8-7-9-13(14)4/h7-9,15H,5-6,10-11H2,1-4H3. The Morgan fingerprint density at radius 2 is 1.41 bits per heavy atom. The molecule has 22 heavy (non-hydrogen) atoms. The summed E-state index contributed by atoms with van der Waals surface area (Å²) in [6.07, 6.45) is 1.48. The van der Waals surface area contributed by atoms with Crippen molar-refractivity contribution in [3.8, 4) is 0 Å². The van der Waals surface area contributed by atoms with E-state index in [4.69, 9.17) is 9.47 Å². The molecule has 0 spiro atoms. The summed E-state index contributed by atoms with van der Waals surface area (Å²) in [4.78, 5) is 25.2. The van der Waals surface area contributed by atoms with Crippen molar-refractivity contribution in [3.05, 3.63) is 34.9 Å². The first-order chi connectivity index (χ1) is 10.5. The van der Waals surface area contributed by atoms with E-state index in [-0.39, 0.29) is 0 Å². The van der Waals surface area contributed by atoms with Crippen molar-refractivity contribution in [1.29, 1.82) is 0 Å². The lowest BCUT2D eigenvalue weighted by molar-refractivity contribution is -0.227. The molecule has 0 amide bonds. The minimum absolute atomic E-state index is 0.444. The Labute approximate surface area is 131 Å². The molecule has 1 aliphatic heterocycles. The van der Waals surface area contributed by atoms with Gasteiger partial charge in [-0.3, -0.25) is 9.59 Å². The second-order valence-electron chi connectivity index (χ2n) is 6.03. The third-order valence-corrected chi connectivity index (χ3v) is 4.34. The quantitative estimate of drug-likeness (QED) is 0.609. The van der Waals surface area contributed by atoms with Gasteiger partial charge in [0.25, 0.3) is 6.29 Å². The van der Waals surface area contributed by atoms with Crippen LogP contribution in [0.1, 0.15) is 62.5 Å².